The largest absolute Gasteiger partial charge is 0.507 e. The number of benzene rings is 1. The summed E-state index contributed by atoms with van der Waals surface area (Å²) in [5.41, 5.74) is 2.79. The van der Waals surface area contributed by atoms with Gasteiger partial charge in [0.1, 0.15) is 5.75 Å². The number of amides is 1. The van der Waals surface area contributed by atoms with Gasteiger partial charge in [0.05, 0.1) is 5.75 Å². The van der Waals surface area contributed by atoms with Crippen LogP contribution in [0.2, 0.25) is 0 Å². The molecule has 36 heavy (non-hydrogen) atoms. The van der Waals surface area contributed by atoms with E-state index in [0.717, 1.165) is 29.7 Å². The van der Waals surface area contributed by atoms with Crippen LogP contribution in [0.4, 0.5) is 0 Å². The summed E-state index contributed by atoms with van der Waals surface area (Å²) < 4.78 is 0. The number of nitrogens with zero attached hydrogens (tertiary/aromatic N) is 2. The molecule has 1 saturated carbocycles. The third kappa shape index (κ3) is 7.92. The summed E-state index contributed by atoms with van der Waals surface area (Å²) in [6.07, 6.45) is 7.38. The van der Waals surface area contributed by atoms with E-state index >= 15 is 0 Å². The van der Waals surface area contributed by atoms with Gasteiger partial charge in [-0.2, -0.15) is 0 Å². The summed E-state index contributed by atoms with van der Waals surface area (Å²) in [5.74, 6) is 1.16. The van der Waals surface area contributed by atoms with Crippen molar-refractivity contribution < 1.29 is 9.90 Å². The summed E-state index contributed by atoms with van der Waals surface area (Å²) in [5, 5.41) is 12.0. The van der Waals surface area contributed by atoms with E-state index in [4.69, 9.17) is 0 Å². The Hall–Kier alpha value is -1.66. The third-order valence-electron chi connectivity index (χ3n) is 6.91. The highest BCUT2D eigenvalue weighted by Crippen LogP contribution is 2.45. The first-order valence-corrected chi connectivity index (χ1v) is 15.1. The molecule has 6 heteroatoms. The van der Waals surface area contributed by atoms with Crippen molar-refractivity contribution in [3.8, 4) is 5.75 Å². The average molecular weight is 529 g/mol. The molecule has 0 bridgehead atoms. The Morgan fingerprint density at radius 3 is 2.19 bits per heavy atom. The molecule has 1 aromatic heterocycles. The van der Waals surface area contributed by atoms with Gasteiger partial charge in [0.15, 0.2) is 0 Å². The van der Waals surface area contributed by atoms with Crippen LogP contribution in [0.5, 0.6) is 5.75 Å². The highest BCUT2D eigenvalue weighted by molar-refractivity contribution is 8.04. The number of thioether (sulfide) groups is 2. The molecule has 1 N–H and O–H groups in total. The average Bonchev–Trinajstić information content (AvgIpc) is 2.82. The lowest BCUT2D eigenvalue weighted by Crippen LogP contribution is -2.32. The number of carbonyl (C=O) groups is 1. The number of carbonyl (C=O) groups excluding carboxylic acids is 1. The maximum atomic E-state index is 12.9. The lowest BCUT2D eigenvalue weighted by molar-refractivity contribution is -0.127. The fourth-order valence-corrected chi connectivity index (χ4v) is 7.58. The number of pyridine rings is 1. The topological polar surface area (TPSA) is 53.4 Å². The summed E-state index contributed by atoms with van der Waals surface area (Å²) in [6, 6.07) is 10.3. The molecule has 2 atom stereocenters. The van der Waals surface area contributed by atoms with Gasteiger partial charge < -0.3 is 10.0 Å². The number of hydrogen-bond acceptors (Lipinski definition) is 5. The van der Waals surface area contributed by atoms with E-state index < -0.39 is 0 Å². The lowest BCUT2D eigenvalue weighted by Gasteiger charge is -2.32. The van der Waals surface area contributed by atoms with Gasteiger partial charge in [-0.15, -0.1) is 23.5 Å². The molecule has 3 rings (SSSR count). The molecule has 1 aromatic carbocycles. The Morgan fingerprint density at radius 1 is 1.03 bits per heavy atom. The van der Waals surface area contributed by atoms with Gasteiger partial charge in [-0.05, 0) is 47.9 Å². The molecule has 4 nitrogen and oxygen atoms in total. The van der Waals surface area contributed by atoms with Crippen molar-refractivity contribution in [1.29, 1.82) is 0 Å². The van der Waals surface area contributed by atoms with E-state index in [0.29, 0.717) is 28.5 Å². The van der Waals surface area contributed by atoms with Crippen LogP contribution in [-0.4, -0.2) is 50.7 Å². The van der Waals surface area contributed by atoms with Crippen LogP contribution in [0.1, 0.15) is 84.0 Å². The molecule has 0 saturated heterocycles. The molecule has 0 unspecified atom stereocenters. The SMILES string of the molecule is CN(CCc1ccccn1)C(=O)CS[C@@H]1CCCC[C@H]1Sc1cc(C(C)(C)C)c(O)c(C(C)(C)C)c1. The van der Waals surface area contributed by atoms with Crippen molar-refractivity contribution in [3.05, 3.63) is 53.3 Å². The van der Waals surface area contributed by atoms with Crippen LogP contribution in [-0.2, 0) is 22.0 Å². The Morgan fingerprint density at radius 2 is 1.64 bits per heavy atom. The number of aromatic nitrogens is 1. The van der Waals surface area contributed by atoms with Crippen LogP contribution in [0.25, 0.3) is 0 Å². The maximum absolute atomic E-state index is 12.9. The van der Waals surface area contributed by atoms with Crippen molar-refractivity contribution in [2.24, 2.45) is 0 Å². The van der Waals surface area contributed by atoms with E-state index in [1.54, 1.807) is 6.20 Å². The van der Waals surface area contributed by atoms with E-state index in [1.165, 1.54) is 24.2 Å². The van der Waals surface area contributed by atoms with Crippen LogP contribution in [0.15, 0.2) is 41.4 Å². The van der Waals surface area contributed by atoms with Crippen LogP contribution in [0, 0.1) is 0 Å². The molecule has 1 amide bonds. The minimum Gasteiger partial charge on any atom is -0.507 e. The number of likely N-dealkylation sites (N-methyl/N-ethyl adjacent to an activating group) is 1. The predicted molar refractivity (Wildman–Crippen MR) is 155 cm³/mol. The van der Waals surface area contributed by atoms with Crippen molar-refractivity contribution in [2.45, 2.75) is 99.9 Å². The highest BCUT2D eigenvalue weighted by Gasteiger charge is 2.30. The molecule has 1 fully saturated rings. The second-order valence-electron chi connectivity index (χ2n) is 12.0. The number of rotatable bonds is 8. The Labute approximate surface area is 227 Å². The van der Waals surface area contributed by atoms with Gasteiger partial charge in [0.2, 0.25) is 5.91 Å². The minimum absolute atomic E-state index is 0.131. The maximum Gasteiger partial charge on any atom is 0.232 e. The molecule has 0 aliphatic heterocycles. The Kier molecular flexibility index (Phi) is 9.84. The molecule has 1 aliphatic rings. The first-order chi connectivity index (χ1) is 16.9. The normalized spacial score (nSPS) is 18.8. The van der Waals surface area contributed by atoms with Gasteiger partial charge in [-0.3, -0.25) is 9.78 Å². The molecular formula is C30H44N2O2S2. The molecule has 0 radical (unpaired) electrons. The monoisotopic (exact) mass is 528 g/mol. The molecule has 0 spiro atoms. The predicted octanol–water partition coefficient (Wildman–Crippen LogP) is 7.22. The smallest absolute Gasteiger partial charge is 0.232 e. The van der Waals surface area contributed by atoms with E-state index in [2.05, 4.69) is 58.7 Å². The van der Waals surface area contributed by atoms with Gasteiger partial charge >= 0.3 is 0 Å². The number of phenolic OH excluding ortho intramolecular Hbond substituents is 1. The summed E-state index contributed by atoms with van der Waals surface area (Å²) in [7, 11) is 1.90. The molecule has 1 heterocycles. The Bertz CT molecular complexity index is 977. The first-order valence-electron chi connectivity index (χ1n) is 13.2. The van der Waals surface area contributed by atoms with Crippen LogP contribution < -0.4 is 0 Å². The molecule has 2 aromatic rings. The number of aromatic hydroxyl groups is 1. The van der Waals surface area contributed by atoms with Gasteiger partial charge in [-0.1, -0.05) is 60.5 Å². The first kappa shape index (κ1) is 28.9. The molecule has 1 aliphatic carbocycles. The fourth-order valence-electron chi connectivity index (χ4n) is 4.62. The summed E-state index contributed by atoms with van der Waals surface area (Å²) in [6.45, 7) is 13.7. The summed E-state index contributed by atoms with van der Waals surface area (Å²) >= 11 is 3.77. The second-order valence-corrected chi connectivity index (χ2v) is 14.6. The second kappa shape index (κ2) is 12.3. The zero-order valence-electron chi connectivity index (χ0n) is 23.1. The lowest BCUT2D eigenvalue weighted by atomic mass is 9.79. The quantitative estimate of drug-likeness (QED) is 0.392. The molecule has 198 valence electrons. The van der Waals surface area contributed by atoms with Gasteiger partial charge in [0.25, 0.3) is 0 Å². The van der Waals surface area contributed by atoms with Crippen molar-refractivity contribution in [3.63, 3.8) is 0 Å². The molecular weight excluding hydrogens is 484 g/mol. The number of hydrogen-bond donors (Lipinski definition) is 1. The van der Waals surface area contributed by atoms with E-state index in [9.17, 15) is 9.90 Å². The summed E-state index contributed by atoms with van der Waals surface area (Å²) in [4.78, 5) is 20.3. The standard InChI is InChI=1S/C30H44N2O2S2/c1-29(2,3)23-18-22(19-24(28(23)34)30(4,5)6)36-26-14-9-8-13-25(26)35-20-27(33)32(7)17-15-21-12-10-11-16-31-21/h10-12,16,18-19,25-26,34H,8-9,13-15,17,20H2,1-7H3/t25-,26-/m1/s1. The van der Waals surface area contributed by atoms with Gasteiger partial charge in [-0.25, -0.2) is 0 Å². The highest BCUT2D eigenvalue weighted by atomic mass is 32.2. The van der Waals surface area contributed by atoms with E-state index in [-0.39, 0.29) is 16.7 Å². The Balaban J connectivity index is 1.67. The third-order valence-corrected chi connectivity index (χ3v) is 9.86. The van der Waals surface area contributed by atoms with Crippen LogP contribution >= 0.6 is 23.5 Å². The van der Waals surface area contributed by atoms with Crippen molar-refractivity contribution in [1.82, 2.24) is 9.88 Å². The van der Waals surface area contributed by atoms with Crippen LogP contribution in [0.3, 0.4) is 0 Å². The van der Waals surface area contributed by atoms with E-state index in [1.807, 2.05) is 53.7 Å². The minimum atomic E-state index is -0.131. The number of phenols is 1. The van der Waals surface area contributed by atoms with Crippen molar-refractivity contribution >= 4 is 29.4 Å². The van der Waals surface area contributed by atoms with Crippen molar-refractivity contribution in [2.75, 3.05) is 19.3 Å². The fraction of sp³-hybridized carbons (Fsp3) is 0.600. The zero-order valence-corrected chi connectivity index (χ0v) is 24.8. The zero-order chi connectivity index (χ0) is 26.5. The van der Waals surface area contributed by atoms with Gasteiger partial charge in [0, 0.05) is 58.4 Å².